The molecule has 2 aliphatic rings. The van der Waals surface area contributed by atoms with E-state index in [1.807, 2.05) is 0 Å². The van der Waals surface area contributed by atoms with Gasteiger partial charge in [0.25, 0.3) is 0 Å². The fraction of sp³-hybridized carbons (Fsp3) is 1.00. The van der Waals surface area contributed by atoms with Gasteiger partial charge in [0.2, 0.25) is 0 Å². The molecule has 166 valence electrons. The zero-order valence-corrected chi connectivity index (χ0v) is 19.6. The predicted molar refractivity (Wildman–Crippen MR) is 124 cm³/mol. The second kappa shape index (κ2) is 15.8. The van der Waals surface area contributed by atoms with Crippen LogP contribution in [0.5, 0.6) is 0 Å². The molecule has 0 aromatic heterocycles. The lowest BCUT2D eigenvalue weighted by atomic mass is 9.70. The normalized spacial score (nSPS) is 28.5. The van der Waals surface area contributed by atoms with Crippen molar-refractivity contribution in [2.75, 3.05) is 6.61 Å². The van der Waals surface area contributed by atoms with Crippen LogP contribution < -0.4 is 0 Å². The van der Waals surface area contributed by atoms with Crippen molar-refractivity contribution in [3.8, 4) is 0 Å². The van der Waals surface area contributed by atoms with Gasteiger partial charge in [0, 0.05) is 6.61 Å². The van der Waals surface area contributed by atoms with Crippen molar-refractivity contribution in [2.45, 2.75) is 148 Å². The molecule has 0 unspecified atom stereocenters. The zero-order valence-electron chi connectivity index (χ0n) is 19.6. The minimum Gasteiger partial charge on any atom is -0.378 e. The molecule has 0 amide bonds. The van der Waals surface area contributed by atoms with Gasteiger partial charge in [-0.3, -0.25) is 0 Å². The number of rotatable bonds is 15. The Morgan fingerprint density at radius 2 is 1.04 bits per heavy atom. The van der Waals surface area contributed by atoms with Crippen LogP contribution in [0.4, 0.5) is 0 Å². The van der Waals surface area contributed by atoms with Gasteiger partial charge < -0.3 is 4.74 Å². The summed E-state index contributed by atoms with van der Waals surface area (Å²) in [7, 11) is 0. The number of hydrogen-bond acceptors (Lipinski definition) is 1. The van der Waals surface area contributed by atoms with Crippen LogP contribution >= 0.6 is 0 Å². The lowest BCUT2D eigenvalue weighted by Gasteiger charge is -2.38. The van der Waals surface area contributed by atoms with Crippen molar-refractivity contribution in [3.05, 3.63) is 0 Å². The highest BCUT2D eigenvalue weighted by molar-refractivity contribution is 4.82. The molecule has 0 bridgehead atoms. The predicted octanol–water partition coefficient (Wildman–Crippen LogP) is 9.09. The summed E-state index contributed by atoms with van der Waals surface area (Å²) in [6.45, 7) is 5.63. The van der Waals surface area contributed by atoms with Crippen molar-refractivity contribution in [1.82, 2.24) is 0 Å². The molecular formula is C27H52O. The number of unbranched alkanes of at least 4 members (excludes halogenated alkanes) is 9. The molecule has 0 radical (unpaired) electrons. The van der Waals surface area contributed by atoms with Crippen LogP contribution in [-0.2, 0) is 4.74 Å². The third-order valence-electron chi connectivity index (χ3n) is 7.84. The average molecular weight is 393 g/mol. The molecule has 0 heterocycles. The van der Waals surface area contributed by atoms with Gasteiger partial charge in [0.1, 0.15) is 0 Å². The summed E-state index contributed by atoms with van der Waals surface area (Å²) in [5.74, 6) is 3.14. The van der Waals surface area contributed by atoms with Gasteiger partial charge in [-0.15, -0.1) is 0 Å². The maximum atomic E-state index is 6.21. The first-order chi connectivity index (χ1) is 13.8. The van der Waals surface area contributed by atoms with E-state index >= 15 is 0 Å². The van der Waals surface area contributed by atoms with Crippen molar-refractivity contribution in [3.63, 3.8) is 0 Å². The van der Waals surface area contributed by atoms with Gasteiger partial charge in [-0.25, -0.2) is 0 Å². The summed E-state index contributed by atoms with van der Waals surface area (Å²) in [4.78, 5) is 0. The van der Waals surface area contributed by atoms with Crippen LogP contribution in [-0.4, -0.2) is 12.7 Å². The highest BCUT2D eigenvalue weighted by Crippen LogP contribution is 2.41. The Labute approximate surface area is 177 Å². The Hall–Kier alpha value is -0.0400. The van der Waals surface area contributed by atoms with Crippen LogP contribution in [0.3, 0.4) is 0 Å². The minimum atomic E-state index is 0.589. The van der Waals surface area contributed by atoms with Crippen LogP contribution in [0.15, 0.2) is 0 Å². The van der Waals surface area contributed by atoms with Crippen molar-refractivity contribution in [2.24, 2.45) is 17.8 Å². The van der Waals surface area contributed by atoms with Gasteiger partial charge >= 0.3 is 0 Å². The van der Waals surface area contributed by atoms with E-state index in [1.165, 1.54) is 128 Å². The van der Waals surface area contributed by atoms with Gasteiger partial charge in [0.15, 0.2) is 0 Å². The van der Waals surface area contributed by atoms with Crippen LogP contribution in [0.2, 0.25) is 0 Å². The maximum absolute atomic E-state index is 6.21. The second-order valence-corrected chi connectivity index (χ2v) is 10.2. The first-order valence-corrected chi connectivity index (χ1v) is 13.4. The Morgan fingerprint density at radius 3 is 1.64 bits per heavy atom. The third-order valence-corrected chi connectivity index (χ3v) is 7.84. The van der Waals surface area contributed by atoms with E-state index in [0.717, 1.165) is 24.4 Å². The Balaban J connectivity index is 1.46. The fourth-order valence-electron chi connectivity index (χ4n) is 5.84. The van der Waals surface area contributed by atoms with Gasteiger partial charge in [-0.05, 0) is 62.7 Å². The Bertz CT molecular complexity index is 336. The summed E-state index contributed by atoms with van der Waals surface area (Å²) < 4.78 is 6.21. The van der Waals surface area contributed by atoms with Crippen LogP contribution in [0.1, 0.15) is 142 Å². The molecule has 2 fully saturated rings. The van der Waals surface area contributed by atoms with E-state index in [-0.39, 0.29) is 0 Å². The van der Waals surface area contributed by atoms with Gasteiger partial charge in [-0.2, -0.15) is 0 Å². The molecule has 1 heteroatoms. The number of ether oxygens (including phenoxy) is 1. The SMILES string of the molecule is CCCCCCCCO[C@H]1CC[C@H]([C@H]2CC[C@H](CCCCCCC)CC2)CC1. The van der Waals surface area contributed by atoms with Crippen LogP contribution in [0.25, 0.3) is 0 Å². The van der Waals surface area contributed by atoms with E-state index in [9.17, 15) is 0 Å². The molecule has 0 aromatic carbocycles. The zero-order chi connectivity index (χ0) is 19.9. The lowest BCUT2D eigenvalue weighted by Crippen LogP contribution is -2.28. The summed E-state index contributed by atoms with van der Waals surface area (Å²) in [6.07, 6.45) is 29.3. The highest BCUT2D eigenvalue weighted by Gasteiger charge is 2.30. The van der Waals surface area contributed by atoms with Crippen molar-refractivity contribution >= 4 is 0 Å². The van der Waals surface area contributed by atoms with E-state index in [2.05, 4.69) is 13.8 Å². The van der Waals surface area contributed by atoms with E-state index in [4.69, 9.17) is 4.74 Å². The average Bonchev–Trinajstić information content (AvgIpc) is 2.74. The molecular weight excluding hydrogens is 340 g/mol. The highest BCUT2D eigenvalue weighted by atomic mass is 16.5. The second-order valence-electron chi connectivity index (χ2n) is 10.2. The van der Waals surface area contributed by atoms with Gasteiger partial charge in [0.05, 0.1) is 6.10 Å². The van der Waals surface area contributed by atoms with Gasteiger partial charge in [-0.1, -0.05) is 97.3 Å². The molecule has 1 nitrogen and oxygen atoms in total. The van der Waals surface area contributed by atoms with E-state index < -0.39 is 0 Å². The Kier molecular flexibility index (Phi) is 13.6. The smallest absolute Gasteiger partial charge is 0.0575 e. The lowest BCUT2D eigenvalue weighted by molar-refractivity contribution is 0.00526. The molecule has 0 saturated heterocycles. The largest absolute Gasteiger partial charge is 0.378 e. The first kappa shape index (κ1) is 24.2. The summed E-state index contributed by atoms with van der Waals surface area (Å²) in [5.41, 5.74) is 0. The monoisotopic (exact) mass is 392 g/mol. The van der Waals surface area contributed by atoms with Crippen molar-refractivity contribution in [1.29, 1.82) is 0 Å². The molecule has 0 atom stereocenters. The molecule has 2 saturated carbocycles. The summed E-state index contributed by atoms with van der Waals surface area (Å²) in [5, 5.41) is 0. The number of hydrogen-bond donors (Lipinski definition) is 0. The Morgan fingerprint density at radius 1 is 0.536 bits per heavy atom. The molecule has 0 N–H and O–H groups in total. The quantitative estimate of drug-likeness (QED) is 0.252. The van der Waals surface area contributed by atoms with Crippen LogP contribution in [0, 0.1) is 17.8 Å². The van der Waals surface area contributed by atoms with E-state index in [1.54, 1.807) is 0 Å². The molecule has 2 aliphatic carbocycles. The topological polar surface area (TPSA) is 9.23 Å². The molecule has 0 aromatic rings. The standard InChI is InChI=1S/C27H52O/c1-3-5-7-9-11-13-23-28-27-21-19-26(20-22-27)25-17-15-24(16-18-25)14-12-10-8-6-4-2/h24-27H,3-23H2,1-2H3/t24-,25-,26-,27-. The maximum Gasteiger partial charge on any atom is 0.0575 e. The molecule has 2 rings (SSSR count). The van der Waals surface area contributed by atoms with Crippen molar-refractivity contribution < 1.29 is 4.74 Å². The first-order valence-electron chi connectivity index (χ1n) is 13.4. The molecule has 0 aliphatic heterocycles. The fourth-order valence-corrected chi connectivity index (χ4v) is 5.84. The third kappa shape index (κ3) is 10.1. The minimum absolute atomic E-state index is 0.589. The molecule has 0 spiro atoms. The molecule has 28 heavy (non-hydrogen) atoms. The summed E-state index contributed by atoms with van der Waals surface area (Å²) >= 11 is 0. The summed E-state index contributed by atoms with van der Waals surface area (Å²) in [6, 6.07) is 0. The van der Waals surface area contributed by atoms with E-state index in [0.29, 0.717) is 6.10 Å².